The maximum absolute atomic E-state index is 13.6. The van der Waals surface area contributed by atoms with Crippen LogP contribution in [0.2, 0.25) is 0 Å². The summed E-state index contributed by atoms with van der Waals surface area (Å²) in [5.74, 6) is -0.626. The highest BCUT2D eigenvalue weighted by Gasteiger charge is 2.52. The zero-order valence-corrected chi connectivity index (χ0v) is 22.1. The predicted octanol–water partition coefficient (Wildman–Crippen LogP) is 2.50. The van der Waals surface area contributed by atoms with E-state index in [1.54, 1.807) is 38.2 Å². The van der Waals surface area contributed by atoms with Crippen molar-refractivity contribution in [3.63, 3.8) is 0 Å². The van der Waals surface area contributed by atoms with Crippen molar-refractivity contribution in [2.75, 3.05) is 33.7 Å². The summed E-state index contributed by atoms with van der Waals surface area (Å²) in [5, 5.41) is 4.93. The molecule has 1 aromatic heterocycles. The van der Waals surface area contributed by atoms with Crippen LogP contribution in [0.5, 0.6) is 0 Å². The third kappa shape index (κ3) is 5.52. The summed E-state index contributed by atoms with van der Waals surface area (Å²) in [6.07, 6.45) is 1.02. The van der Waals surface area contributed by atoms with E-state index in [2.05, 4.69) is 5.32 Å². The molecule has 3 heterocycles. The van der Waals surface area contributed by atoms with Gasteiger partial charge in [-0.1, -0.05) is 32.0 Å². The molecule has 0 radical (unpaired) electrons. The van der Waals surface area contributed by atoms with Gasteiger partial charge in [0.25, 0.3) is 5.91 Å². The Labute approximate surface area is 216 Å². The summed E-state index contributed by atoms with van der Waals surface area (Å²) in [5.41, 5.74) is 1.51. The monoisotopic (exact) mass is 510 g/mol. The number of nitrogens with one attached hydrogen (secondary N) is 1. The van der Waals surface area contributed by atoms with E-state index < -0.39 is 12.1 Å². The Balaban J connectivity index is 1.47. The van der Waals surface area contributed by atoms with E-state index in [1.165, 1.54) is 0 Å². The largest absolute Gasteiger partial charge is 0.340 e. The number of hydrogen-bond donors (Lipinski definition) is 1. The van der Waals surface area contributed by atoms with E-state index in [0.29, 0.717) is 24.9 Å². The summed E-state index contributed by atoms with van der Waals surface area (Å²) < 4.78 is 0. The molecule has 0 aliphatic carbocycles. The second-order valence-electron chi connectivity index (χ2n) is 10.3. The van der Waals surface area contributed by atoms with Crippen LogP contribution >= 0.6 is 11.3 Å². The van der Waals surface area contributed by atoms with Gasteiger partial charge in [0.1, 0.15) is 12.1 Å². The number of thiophene rings is 1. The van der Waals surface area contributed by atoms with Crippen LogP contribution in [0.1, 0.15) is 37.0 Å². The summed E-state index contributed by atoms with van der Waals surface area (Å²) in [6.45, 7) is 4.64. The number of likely N-dealkylation sites (N-methyl/N-ethyl adjacent to an activating group) is 1. The molecule has 3 atom stereocenters. The van der Waals surface area contributed by atoms with Crippen LogP contribution in [0.15, 0.2) is 41.8 Å². The lowest BCUT2D eigenvalue weighted by Gasteiger charge is -2.29. The van der Waals surface area contributed by atoms with Crippen molar-refractivity contribution >= 4 is 34.8 Å². The zero-order valence-electron chi connectivity index (χ0n) is 21.3. The van der Waals surface area contributed by atoms with E-state index >= 15 is 0 Å². The molecule has 2 aromatic rings. The molecule has 0 saturated carbocycles. The van der Waals surface area contributed by atoms with Gasteiger partial charge in [-0.2, -0.15) is 0 Å². The van der Waals surface area contributed by atoms with Crippen molar-refractivity contribution in [2.45, 2.75) is 44.8 Å². The Hall–Kier alpha value is -3.04. The lowest BCUT2D eigenvalue weighted by atomic mass is 10.0. The van der Waals surface area contributed by atoms with Gasteiger partial charge in [0.05, 0.1) is 19.1 Å². The van der Waals surface area contributed by atoms with E-state index in [0.717, 1.165) is 10.4 Å². The first-order valence-electron chi connectivity index (χ1n) is 12.4. The van der Waals surface area contributed by atoms with Crippen molar-refractivity contribution in [1.82, 2.24) is 20.0 Å². The number of rotatable bonds is 8. The Morgan fingerprint density at radius 3 is 2.44 bits per heavy atom. The summed E-state index contributed by atoms with van der Waals surface area (Å²) in [7, 11) is 3.62. The van der Waals surface area contributed by atoms with Gasteiger partial charge in [-0.25, -0.2) is 0 Å². The number of hydrogen-bond acceptors (Lipinski definition) is 6. The van der Waals surface area contributed by atoms with E-state index in [-0.39, 0.29) is 48.6 Å². The van der Waals surface area contributed by atoms with Crippen molar-refractivity contribution in [1.29, 1.82) is 0 Å². The lowest BCUT2D eigenvalue weighted by Crippen LogP contribution is -2.53. The molecule has 2 aliphatic heterocycles. The predicted molar refractivity (Wildman–Crippen MR) is 140 cm³/mol. The number of amides is 3. The van der Waals surface area contributed by atoms with Crippen LogP contribution in [0.3, 0.4) is 0 Å². The number of ketones is 1. The van der Waals surface area contributed by atoms with Gasteiger partial charge in [0, 0.05) is 17.0 Å². The number of Topliss-reactive ketones (excluding diaryl/α,β-unsaturated/α-hetero) is 1. The van der Waals surface area contributed by atoms with E-state index in [4.69, 9.17) is 0 Å². The fourth-order valence-corrected chi connectivity index (χ4v) is 5.85. The zero-order chi connectivity index (χ0) is 26.0. The highest BCUT2D eigenvalue weighted by molar-refractivity contribution is 7.13. The van der Waals surface area contributed by atoms with Crippen molar-refractivity contribution in [2.24, 2.45) is 5.92 Å². The first-order chi connectivity index (χ1) is 17.2. The number of carbonyl (C=O) groups is 4. The topological polar surface area (TPSA) is 90.0 Å². The highest BCUT2D eigenvalue weighted by Crippen LogP contribution is 2.31. The number of carbonyl (C=O) groups excluding carboxylic acids is 4. The Morgan fingerprint density at radius 2 is 1.83 bits per heavy atom. The molecule has 0 spiro atoms. The Bertz CT molecular complexity index is 1110. The van der Waals surface area contributed by atoms with Gasteiger partial charge >= 0.3 is 0 Å². The molecule has 3 unspecified atom stereocenters. The molecule has 2 aliphatic rings. The quantitative estimate of drug-likeness (QED) is 0.590. The third-order valence-corrected chi connectivity index (χ3v) is 7.66. The molecule has 3 amide bonds. The van der Waals surface area contributed by atoms with Gasteiger partial charge in [-0.3, -0.25) is 19.2 Å². The second-order valence-corrected chi connectivity index (χ2v) is 11.2. The normalized spacial score (nSPS) is 20.2. The minimum atomic E-state index is -0.743. The molecule has 1 N–H and O–H groups in total. The first kappa shape index (κ1) is 26.0. The van der Waals surface area contributed by atoms with Crippen LogP contribution in [0, 0.1) is 5.92 Å². The molecule has 8 nitrogen and oxygen atoms in total. The maximum Gasteiger partial charge on any atom is 0.251 e. The maximum atomic E-state index is 13.6. The van der Waals surface area contributed by atoms with Crippen molar-refractivity contribution in [3.8, 4) is 10.4 Å². The van der Waals surface area contributed by atoms with E-state index in [1.807, 2.05) is 57.6 Å². The van der Waals surface area contributed by atoms with Crippen LogP contribution in [-0.4, -0.2) is 90.1 Å². The Morgan fingerprint density at radius 1 is 1.11 bits per heavy atom. The Kier molecular flexibility index (Phi) is 7.90. The van der Waals surface area contributed by atoms with Crippen molar-refractivity contribution < 1.29 is 19.2 Å². The van der Waals surface area contributed by atoms with Gasteiger partial charge in [0.2, 0.25) is 11.8 Å². The highest BCUT2D eigenvalue weighted by atomic mass is 32.1. The average molecular weight is 511 g/mol. The van der Waals surface area contributed by atoms with Crippen LogP contribution in [0.4, 0.5) is 0 Å². The molecule has 1 aromatic carbocycles. The number of likely N-dealkylation sites (tertiary alicyclic amines) is 2. The SMILES string of the molecule is CC(C)CC(NC(=O)c1ccc(-c2cccs2)cc1)C(=O)N1CCC2C1C(=O)CN2C(=O)CN(C)C. The number of nitrogens with zero attached hydrogens (tertiary/aromatic N) is 3. The molecule has 192 valence electrons. The number of benzene rings is 1. The summed E-state index contributed by atoms with van der Waals surface area (Å²) >= 11 is 1.63. The second kappa shape index (κ2) is 10.9. The minimum absolute atomic E-state index is 0.0313. The first-order valence-corrected chi connectivity index (χ1v) is 13.3. The summed E-state index contributed by atoms with van der Waals surface area (Å²) in [6, 6.07) is 9.67. The van der Waals surface area contributed by atoms with Gasteiger partial charge in [0.15, 0.2) is 5.78 Å². The molecule has 2 fully saturated rings. The molecule has 0 bridgehead atoms. The third-order valence-electron chi connectivity index (χ3n) is 6.74. The average Bonchev–Trinajstić information content (AvgIpc) is 3.56. The van der Waals surface area contributed by atoms with Crippen LogP contribution in [0.25, 0.3) is 10.4 Å². The lowest BCUT2D eigenvalue weighted by molar-refractivity contribution is -0.138. The van der Waals surface area contributed by atoms with Crippen molar-refractivity contribution in [3.05, 3.63) is 47.3 Å². The standard InChI is InChI=1S/C27H34N4O4S/c1-17(2)14-20(28-26(34)19-9-7-18(8-10-19)23-6-5-13-36-23)27(35)30-12-11-21-25(30)22(32)15-31(21)24(33)16-29(3)4/h5-10,13,17,20-21,25H,11-12,14-16H2,1-4H3,(H,28,34). The fourth-order valence-electron chi connectivity index (χ4n) is 5.11. The van der Waals surface area contributed by atoms with E-state index in [9.17, 15) is 19.2 Å². The van der Waals surface area contributed by atoms with Crippen LogP contribution in [-0.2, 0) is 14.4 Å². The number of fused-ring (bicyclic) bond motifs is 1. The van der Waals surface area contributed by atoms with Gasteiger partial charge in [-0.05, 0) is 62.0 Å². The van der Waals surface area contributed by atoms with Crippen LogP contribution < -0.4 is 5.32 Å². The molecular formula is C27H34N4O4S. The molecule has 36 heavy (non-hydrogen) atoms. The summed E-state index contributed by atoms with van der Waals surface area (Å²) in [4.78, 5) is 58.4. The molecule has 4 rings (SSSR count). The fraction of sp³-hybridized carbons (Fsp3) is 0.481. The van der Waals surface area contributed by atoms with Gasteiger partial charge < -0.3 is 20.0 Å². The molecular weight excluding hydrogens is 476 g/mol. The minimum Gasteiger partial charge on any atom is -0.340 e. The molecule has 9 heteroatoms. The molecule has 2 saturated heterocycles. The smallest absolute Gasteiger partial charge is 0.251 e. The van der Waals surface area contributed by atoms with Gasteiger partial charge in [-0.15, -0.1) is 11.3 Å².